The van der Waals surface area contributed by atoms with Gasteiger partial charge in [-0.2, -0.15) is 0 Å². The monoisotopic (exact) mass is 212 g/mol. The normalized spacial score (nSPS) is 9.93. The minimum atomic E-state index is -0.247. The number of Topliss-reactive ketones (excluding diaryl/α,β-unsaturated/α-hetero) is 1. The number of hydrogen-bond donors (Lipinski definition) is 2. The first-order valence-corrected chi connectivity index (χ1v) is 4.92. The van der Waals surface area contributed by atoms with Crippen LogP contribution < -0.4 is 11.1 Å². The second kappa shape index (κ2) is 3.79. The van der Waals surface area contributed by atoms with Crippen molar-refractivity contribution in [3.05, 3.63) is 16.0 Å². The van der Waals surface area contributed by atoms with Gasteiger partial charge in [0, 0.05) is 7.05 Å². The molecular weight excluding hydrogens is 200 g/mol. The van der Waals surface area contributed by atoms with Gasteiger partial charge in [-0.3, -0.25) is 9.59 Å². The lowest BCUT2D eigenvalue weighted by Crippen LogP contribution is -2.19. The first-order valence-electron chi connectivity index (χ1n) is 4.11. The van der Waals surface area contributed by atoms with Crippen molar-refractivity contribution in [3.8, 4) is 0 Å². The zero-order chi connectivity index (χ0) is 10.9. The highest BCUT2D eigenvalue weighted by Gasteiger charge is 2.20. The second-order valence-electron chi connectivity index (χ2n) is 2.93. The Morgan fingerprint density at radius 2 is 2.00 bits per heavy atom. The van der Waals surface area contributed by atoms with Gasteiger partial charge in [-0.1, -0.05) is 0 Å². The molecule has 0 atom stereocenters. The Labute approximate surface area is 86.1 Å². The van der Waals surface area contributed by atoms with Crippen LogP contribution in [0.4, 0.5) is 5.00 Å². The zero-order valence-corrected chi connectivity index (χ0v) is 9.12. The molecule has 0 bridgehead atoms. The number of nitrogens with one attached hydrogen (secondary N) is 1. The lowest BCUT2D eigenvalue weighted by atomic mass is 10.1. The Balaban J connectivity index is 3.31. The number of nitrogen functional groups attached to an aromatic ring is 1. The van der Waals surface area contributed by atoms with Crippen LogP contribution in [-0.4, -0.2) is 18.7 Å². The van der Waals surface area contributed by atoms with Crippen molar-refractivity contribution < 1.29 is 9.59 Å². The maximum absolute atomic E-state index is 11.4. The van der Waals surface area contributed by atoms with E-state index < -0.39 is 0 Å². The van der Waals surface area contributed by atoms with Gasteiger partial charge in [-0.25, -0.2) is 0 Å². The Kier molecular flexibility index (Phi) is 2.90. The average Bonchev–Trinajstić information content (AvgIpc) is 2.41. The number of thiophene rings is 1. The standard InChI is InChI=1S/C9H12N2O2S/c1-4-6(9(13)11-3)8(10)14-7(4)5(2)12/h10H2,1-3H3,(H,11,13). The van der Waals surface area contributed by atoms with Gasteiger partial charge in [-0.05, 0) is 19.4 Å². The largest absolute Gasteiger partial charge is 0.390 e. The molecule has 4 nitrogen and oxygen atoms in total. The average molecular weight is 212 g/mol. The van der Waals surface area contributed by atoms with E-state index in [9.17, 15) is 9.59 Å². The van der Waals surface area contributed by atoms with Crippen LogP contribution in [0.1, 0.15) is 32.5 Å². The Morgan fingerprint density at radius 3 is 2.36 bits per heavy atom. The van der Waals surface area contributed by atoms with E-state index >= 15 is 0 Å². The van der Waals surface area contributed by atoms with Gasteiger partial charge in [0.05, 0.1) is 15.4 Å². The van der Waals surface area contributed by atoms with Crippen molar-refractivity contribution in [2.75, 3.05) is 12.8 Å². The molecule has 1 aromatic heterocycles. The molecule has 0 fully saturated rings. The van der Waals surface area contributed by atoms with Crippen LogP contribution in [0, 0.1) is 6.92 Å². The predicted octanol–water partition coefficient (Wildman–Crippen LogP) is 1.20. The number of anilines is 1. The highest BCUT2D eigenvalue weighted by Crippen LogP contribution is 2.30. The molecule has 14 heavy (non-hydrogen) atoms. The van der Waals surface area contributed by atoms with E-state index in [1.165, 1.54) is 14.0 Å². The number of carbonyl (C=O) groups excluding carboxylic acids is 2. The van der Waals surface area contributed by atoms with E-state index in [4.69, 9.17) is 5.73 Å². The van der Waals surface area contributed by atoms with Crippen molar-refractivity contribution >= 4 is 28.0 Å². The molecule has 1 aromatic rings. The predicted molar refractivity (Wildman–Crippen MR) is 56.9 cm³/mol. The third-order valence-corrected chi connectivity index (χ3v) is 3.17. The molecule has 0 aliphatic rings. The van der Waals surface area contributed by atoms with Gasteiger partial charge in [0.1, 0.15) is 0 Å². The Bertz CT molecular complexity index is 396. The number of amides is 1. The molecule has 1 heterocycles. The summed E-state index contributed by atoms with van der Waals surface area (Å²) in [5.74, 6) is -0.307. The highest BCUT2D eigenvalue weighted by molar-refractivity contribution is 7.18. The summed E-state index contributed by atoms with van der Waals surface area (Å²) in [6.45, 7) is 3.19. The third-order valence-electron chi connectivity index (χ3n) is 1.95. The molecular formula is C9H12N2O2S. The molecule has 1 rings (SSSR count). The number of rotatable bonds is 2. The van der Waals surface area contributed by atoms with E-state index in [0.29, 0.717) is 21.0 Å². The Morgan fingerprint density at radius 1 is 1.43 bits per heavy atom. The maximum atomic E-state index is 11.4. The molecule has 0 spiro atoms. The third kappa shape index (κ3) is 1.63. The fraction of sp³-hybridized carbons (Fsp3) is 0.333. The molecule has 0 unspecified atom stereocenters. The molecule has 0 saturated heterocycles. The smallest absolute Gasteiger partial charge is 0.254 e. The van der Waals surface area contributed by atoms with Crippen molar-refractivity contribution in [1.29, 1.82) is 0 Å². The molecule has 0 radical (unpaired) electrons. The molecule has 1 amide bonds. The summed E-state index contributed by atoms with van der Waals surface area (Å²) in [5.41, 5.74) is 6.75. The van der Waals surface area contributed by atoms with E-state index in [1.807, 2.05) is 0 Å². The topological polar surface area (TPSA) is 72.2 Å². The van der Waals surface area contributed by atoms with Crippen LogP contribution >= 0.6 is 11.3 Å². The number of ketones is 1. The molecule has 5 heteroatoms. The SMILES string of the molecule is CNC(=O)c1c(N)sc(C(C)=O)c1C. The Hall–Kier alpha value is -1.36. The van der Waals surface area contributed by atoms with Crippen molar-refractivity contribution in [2.24, 2.45) is 0 Å². The van der Waals surface area contributed by atoms with E-state index in [-0.39, 0.29) is 11.7 Å². The molecule has 0 saturated carbocycles. The van der Waals surface area contributed by atoms with Crippen LogP contribution in [0.25, 0.3) is 0 Å². The number of hydrogen-bond acceptors (Lipinski definition) is 4. The van der Waals surface area contributed by atoms with Crippen molar-refractivity contribution in [1.82, 2.24) is 5.32 Å². The van der Waals surface area contributed by atoms with Crippen LogP contribution in [-0.2, 0) is 0 Å². The van der Waals surface area contributed by atoms with Crippen LogP contribution in [0.5, 0.6) is 0 Å². The summed E-state index contributed by atoms with van der Waals surface area (Å²) in [6, 6.07) is 0. The number of carbonyl (C=O) groups is 2. The van der Waals surface area contributed by atoms with E-state index in [2.05, 4.69) is 5.32 Å². The fourth-order valence-corrected chi connectivity index (χ4v) is 2.25. The maximum Gasteiger partial charge on any atom is 0.254 e. The summed E-state index contributed by atoms with van der Waals surface area (Å²) in [5, 5.41) is 2.89. The van der Waals surface area contributed by atoms with Gasteiger partial charge >= 0.3 is 0 Å². The van der Waals surface area contributed by atoms with Gasteiger partial charge < -0.3 is 11.1 Å². The van der Waals surface area contributed by atoms with Gasteiger partial charge in [0.2, 0.25) is 0 Å². The van der Waals surface area contributed by atoms with Gasteiger partial charge in [0.25, 0.3) is 5.91 Å². The lowest BCUT2D eigenvalue weighted by Gasteiger charge is -1.99. The van der Waals surface area contributed by atoms with Crippen LogP contribution in [0.2, 0.25) is 0 Å². The zero-order valence-electron chi connectivity index (χ0n) is 8.30. The minimum Gasteiger partial charge on any atom is -0.390 e. The summed E-state index contributed by atoms with van der Waals surface area (Å²) >= 11 is 1.16. The molecule has 76 valence electrons. The fourth-order valence-electron chi connectivity index (χ4n) is 1.28. The summed E-state index contributed by atoms with van der Waals surface area (Å²) in [7, 11) is 1.53. The minimum absolute atomic E-state index is 0.0608. The van der Waals surface area contributed by atoms with Crippen LogP contribution in [0.15, 0.2) is 0 Å². The second-order valence-corrected chi connectivity index (χ2v) is 3.98. The first kappa shape index (κ1) is 10.7. The van der Waals surface area contributed by atoms with Crippen molar-refractivity contribution in [3.63, 3.8) is 0 Å². The quantitative estimate of drug-likeness (QED) is 0.723. The summed E-state index contributed by atoms with van der Waals surface area (Å²) < 4.78 is 0. The van der Waals surface area contributed by atoms with Gasteiger partial charge in [-0.15, -0.1) is 11.3 Å². The molecule has 3 N–H and O–H groups in total. The van der Waals surface area contributed by atoms with Crippen molar-refractivity contribution in [2.45, 2.75) is 13.8 Å². The van der Waals surface area contributed by atoms with Gasteiger partial charge in [0.15, 0.2) is 5.78 Å². The molecule has 0 aromatic carbocycles. The number of nitrogens with two attached hydrogens (primary N) is 1. The molecule has 0 aliphatic carbocycles. The highest BCUT2D eigenvalue weighted by atomic mass is 32.1. The summed E-state index contributed by atoms with van der Waals surface area (Å²) in [6.07, 6.45) is 0. The van der Waals surface area contributed by atoms with E-state index in [0.717, 1.165) is 11.3 Å². The lowest BCUT2D eigenvalue weighted by molar-refractivity contribution is 0.0963. The van der Waals surface area contributed by atoms with Crippen LogP contribution in [0.3, 0.4) is 0 Å². The van der Waals surface area contributed by atoms with E-state index in [1.54, 1.807) is 6.92 Å². The first-order chi connectivity index (χ1) is 6.49. The summed E-state index contributed by atoms with van der Waals surface area (Å²) in [4.78, 5) is 23.1. The molecule has 0 aliphatic heterocycles.